The van der Waals surface area contributed by atoms with Gasteiger partial charge in [-0.15, -0.1) is 10.2 Å². The molecule has 2 aromatic carbocycles. The normalized spacial score (nSPS) is 20.1. The molecule has 2 aliphatic rings. The lowest BCUT2D eigenvalue weighted by Gasteiger charge is -2.24. The van der Waals surface area contributed by atoms with Crippen LogP contribution in [0, 0.1) is 11.8 Å². The van der Waals surface area contributed by atoms with Crippen LogP contribution in [0.3, 0.4) is 0 Å². The van der Waals surface area contributed by atoms with Crippen LogP contribution in [0.2, 0.25) is 0 Å². The van der Waals surface area contributed by atoms with Crippen LogP contribution in [0.15, 0.2) is 36.4 Å². The number of alkyl halides is 2. The van der Waals surface area contributed by atoms with Crippen molar-refractivity contribution in [2.75, 3.05) is 12.7 Å². The van der Waals surface area contributed by atoms with E-state index in [4.69, 9.17) is 14.6 Å². The molecule has 0 saturated heterocycles. The summed E-state index contributed by atoms with van der Waals surface area (Å²) in [5.74, 6) is 5.27. The van der Waals surface area contributed by atoms with Crippen LogP contribution >= 0.6 is 11.3 Å². The first-order valence-corrected chi connectivity index (χ1v) is 11.0. The van der Waals surface area contributed by atoms with Gasteiger partial charge in [-0.25, -0.2) is 4.98 Å². The van der Waals surface area contributed by atoms with Gasteiger partial charge in [-0.3, -0.25) is 4.79 Å². The Kier molecular flexibility index (Phi) is 3.84. The fraction of sp³-hybridized carbons (Fsp3) is 0.217. The minimum atomic E-state index is -3.13. The highest BCUT2D eigenvalue weighted by atomic mass is 32.1. The molecule has 2 atom stereocenters. The van der Waals surface area contributed by atoms with Crippen molar-refractivity contribution >= 4 is 33.4 Å². The second-order valence-corrected chi connectivity index (χ2v) is 8.79. The molecule has 170 valence electrons. The minimum absolute atomic E-state index is 0.000852. The lowest BCUT2D eigenvalue weighted by molar-refractivity contribution is -0.0507. The Morgan fingerprint density at radius 3 is 2.91 bits per heavy atom. The van der Waals surface area contributed by atoms with E-state index >= 15 is 0 Å². The summed E-state index contributed by atoms with van der Waals surface area (Å²) in [7, 11) is 0. The maximum atomic E-state index is 13.5. The number of anilines is 1. The van der Waals surface area contributed by atoms with E-state index in [1.165, 1.54) is 18.2 Å². The van der Waals surface area contributed by atoms with Crippen LogP contribution in [-0.2, 0) is 0 Å². The first kappa shape index (κ1) is 17.4. The molecule has 11 heteroatoms. The number of halogens is 2. The summed E-state index contributed by atoms with van der Waals surface area (Å²) in [6, 6.07) is 7.86. The molecule has 0 aliphatic carbocycles. The number of nitrogen functional groups attached to an aromatic ring is 1. The molecule has 6 rings (SSSR count). The van der Waals surface area contributed by atoms with Gasteiger partial charge in [0, 0.05) is 34.2 Å². The summed E-state index contributed by atoms with van der Waals surface area (Å²) in [4.78, 5) is 18.9. The molecule has 2 bridgehead atoms. The molecule has 0 unspecified atom stereocenters. The highest BCUT2D eigenvalue weighted by molar-refractivity contribution is 7.15. The fourth-order valence-electron chi connectivity index (χ4n) is 4.60. The van der Waals surface area contributed by atoms with Gasteiger partial charge in [0.25, 0.3) is 5.91 Å². The van der Waals surface area contributed by atoms with Gasteiger partial charge in [0.05, 0.1) is 23.1 Å². The lowest BCUT2D eigenvalue weighted by atomic mass is 9.97. The number of rotatable bonds is 2. The Labute approximate surface area is 200 Å². The van der Waals surface area contributed by atoms with Gasteiger partial charge in [0.15, 0.2) is 5.01 Å². The smallest absolute Gasteiger partial charge is 0.387 e. The third-order valence-electron chi connectivity index (χ3n) is 5.90. The number of aromatic nitrogens is 4. The van der Waals surface area contributed by atoms with Crippen molar-refractivity contribution in [3.63, 3.8) is 0 Å². The summed E-state index contributed by atoms with van der Waals surface area (Å²) in [6.45, 7) is -5.92. The van der Waals surface area contributed by atoms with Gasteiger partial charge in [0.1, 0.15) is 11.6 Å². The molecule has 0 spiro atoms. The molecule has 0 fully saturated rings. The summed E-state index contributed by atoms with van der Waals surface area (Å²) < 4.78 is 57.4. The van der Waals surface area contributed by atoms with Crippen LogP contribution in [0.5, 0.6) is 5.75 Å². The second-order valence-electron chi connectivity index (χ2n) is 7.78. The largest absolute Gasteiger partial charge is 0.434 e. The number of nitrogens with two attached hydrogens (primary N) is 1. The SMILES string of the molecule is [2H]C([2H])([2H])N1C(=O)c2cccc(OC(F)F)c2[C@H]2C[C@@H]1c1nc3ccc(C#Cc4nnc(N)s4)cc3n12. The molecule has 8 nitrogen and oxygen atoms in total. The Morgan fingerprint density at radius 1 is 1.26 bits per heavy atom. The number of nitrogens with zero attached hydrogens (tertiary/aromatic N) is 5. The van der Waals surface area contributed by atoms with Crippen LogP contribution in [0.1, 0.15) is 54.9 Å². The fourth-order valence-corrected chi connectivity index (χ4v) is 5.06. The van der Waals surface area contributed by atoms with E-state index in [1.54, 1.807) is 22.8 Å². The maximum absolute atomic E-state index is 13.5. The van der Waals surface area contributed by atoms with Crippen molar-refractivity contribution in [3.8, 4) is 17.6 Å². The Morgan fingerprint density at radius 2 is 2.15 bits per heavy atom. The number of imidazole rings is 1. The molecule has 4 heterocycles. The van der Waals surface area contributed by atoms with E-state index in [9.17, 15) is 13.6 Å². The van der Waals surface area contributed by atoms with E-state index in [1.807, 2.05) is 0 Å². The van der Waals surface area contributed by atoms with Crippen molar-refractivity contribution in [1.82, 2.24) is 24.6 Å². The van der Waals surface area contributed by atoms with E-state index in [0.29, 0.717) is 32.6 Å². The second kappa shape index (κ2) is 7.50. The van der Waals surface area contributed by atoms with E-state index in [2.05, 4.69) is 27.0 Å². The Hall–Kier alpha value is -4.04. The van der Waals surface area contributed by atoms with Crippen molar-refractivity contribution in [3.05, 3.63) is 63.9 Å². The summed E-state index contributed by atoms with van der Waals surface area (Å²) >= 11 is 1.15. The Bertz CT molecular complexity index is 1640. The predicted molar refractivity (Wildman–Crippen MR) is 121 cm³/mol. The molecule has 2 aromatic heterocycles. The topological polar surface area (TPSA) is 99.2 Å². The third kappa shape index (κ3) is 3.10. The number of hydrogen-bond donors (Lipinski definition) is 1. The number of carbonyl (C=O) groups is 1. The molecule has 1 amide bonds. The number of hydrogen-bond acceptors (Lipinski definition) is 7. The van der Waals surface area contributed by atoms with Gasteiger partial charge in [-0.1, -0.05) is 23.3 Å². The summed E-state index contributed by atoms with van der Waals surface area (Å²) in [6.07, 6.45) is 0.138. The summed E-state index contributed by atoms with van der Waals surface area (Å²) in [5, 5.41) is 8.35. The van der Waals surface area contributed by atoms with Gasteiger partial charge < -0.3 is 19.9 Å². The minimum Gasteiger partial charge on any atom is -0.434 e. The number of benzene rings is 2. The third-order valence-corrected chi connectivity index (χ3v) is 6.57. The van der Waals surface area contributed by atoms with Crippen LogP contribution in [-0.4, -0.2) is 44.1 Å². The summed E-state index contributed by atoms with van der Waals surface area (Å²) in [5.41, 5.74) is 7.58. The van der Waals surface area contributed by atoms with Crippen LogP contribution in [0.4, 0.5) is 13.9 Å². The molecule has 4 aromatic rings. The quantitative estimate of drug-likeness (QED) is 0.440. The molecule has 0 saturated carbocycles. The van der Waals surface area contributed by atoms with Crippen molar-refractivity contribution < 1.29 is 22.4 Å². The monoisotopic (exact) mass is 481 g/mol. The van der Waals surface area contributed by atoms with E-state index in [0.717, 1.165) is 16.2 Å². The maximum Gasteiger partial charge on any atom is 0.387 e. The number of carbonyl (C=O) groups excluding carboxylic acids is 1. The molecular weight excluding hydrogens is 462 g/mol. The zero-order valence-electron chi connectivity index (χ0n) is 20.2. The van der Waals surface area contributed by atoms with Crippen molar-refractivity contribution in [2.24, 2.45) is 0 Å². The highest BCUT2D eigenvalue weighted by Crippen LogP contribution is 2.49. The zero-order chi connectivity index (χ0) is 26.1. The van der Waals surface area contributed by atoms with Gasteiger partial charge >= 0.3 is 6.61 Å². The zero-order valence-corrected chi connectivity index (χ0v) is 18.0. The molecular formula is C23H16F2N6O2S. The highest BCUT2D eigenvalue weighted by Gasteiger charge is 2.44. The van der Waals surface area contributed by atoms with Crippen LogP contribution in [0.25, 0.3) is 11.0 Å². The average Bonchev–Trinajstić information content (AvgIpc) is 3.48. The predicted octanol–water partition coefficient (Wildman–Crippen LogP) is 3.59. The standard InChI is InChI=1S/C23H16F2N6O2S/c1-30-16-10-15(19-12(21(30)32)3-2-4-17(19)33-22(24)25)31-14-9-11(5-7-13(14)27-20(16)31)6-8-18-28-29-23(26)34-18/h2-5,7,9,15-16,22H,10H2,1H3,(H2,26,29)/t15-,16-/m1/s1/i1D3. The lowest BCUT2D eigenvalue weighted by Crippen LogP contribution is -2.30. The van der Waals surface area contributed by atoms with Crippen LogP contribution < -0.4 is 10.5 Å². The number of amides is 1. The first-order valence-electron chi connectivity index (χ1n) is 11.7. The molecule has 2 N–H and O–H groups in total. The van der Waals surface area contributed by atoms with E-state index < -0.39 is 31.6 Å². The van der Waals surface area contributed by atoms with Crippen molar-refractivity contribution in [1.29, 1.82) is 0 Å². The first-order chi connectivity index (χ1) is 17.6. The van der Waals surface area contributed by atoms with Crippen molar-refractivity contribution in [2.45, 2.75) is 25.1 Å². The van der Waals surface area contributed by atoms with E-state index in [-0.39, 0.29) is 23.3 Å². The average molecular weight is 482 g/mol. The van der Waals surface area contributed by atoms with Gasteiger partial charge in [-0.2, -0.15) is 8.78 Å². The molecule has 2 aliphatic heterocycles. The van der Waals surface area contributed by atoms with Gasteiger partial charge in [0.2, 0.25) is 5.13 Å². The molecule has 34 heavy (non-hydrogen) atoms. The van der Waals surface area contributed by atoms with Gasteiger partial charge in [-0.05, 0) is 36.3 Å². The Balaban J connectivity index is 1.57. The number of fused-ring (bicyclic) bond motifs is 9. The number of ether oxygens (including phenoxy) is 1. The molecule has 0 radical (unpaired) electrons.